The lowest BCUT2D eigenvalue weighted by Crippen LogP contribution is -2.26. The van der Waals surface area contributed by atoms with Crippen molar-refractivity contribution in [3.8, 4) is 5.75 Å². The molecule has 0 saturated heterocycles. The van der Waals surface area contributed by atoms with Crippen molar-refractivity contribution in [3.05, 3.63) is 58.3 Å². The Labute approximate surface area is 142 Å². The number of ether oxygens (including phenoxy) is 1. The second kappa shape index (κ2) is 6.87. The Balaban J connectivity index is 2.12. The third kappa shape index (κ3) is 5.32. The number of rotatable bonds is 4. The zero-order valence-electron chi connectivity index (χ0n) is 14.0. The highest BCUT2D eigenvalue weighted by Gasteiger charge is 2.31. The summed E-state index contributed by atoms with van der Waals surface area (Å²) in [6.07, 6.45) is -4.49. The summed E-state index contributed by atoms with van der Waals surface area (Å²) < 4.78 is 41.4. The van der Waals surface area contributed by atoms with Crippen LogP contribution >= 0.6 is 0 Å². The molecule has 2 aromatic rings. The second-order valence-electron chi connectivity index (χ2n) is 6.65. The molecule has 0 radical (unpaired) electrons. The topological polar surface area (TPSA) is 64.4 Å². The lowest BCUT2D eigenvalue weighted by atomic mass is 9.92. The molecule has 1 N–H and O–H groups in total. The Hall–Kier alpha value is -2.35. The van der Waals surface area contributed by atoms with Crippen molar-refractivity contribution in [2.45, 2.75) is 45.2 Å². The van der Waals surface area contributed by atoms with Crippen molar-refractivity contribution in [3.63, 3.8) is 0 Å². The van der Waals surface area contributed by atoms with Crippen LogP contribution in [0.4, 0.5) is 13.2 Å². The molecule has 8 heteroatoms. The highest BCUT2D eigenvalue weighted by molar-refractivity contribution is 5.28. The molecule has 1 heterocycles. The van der Waals surface area contributed by atoms with Gasteiger partial charge in [-0.2, -0.15) is 0 Å². The van der Waals surface area contributed by atoms with Crippen molar-refractivity contribution in [2.24, 2.45) is 0 Å². The largest absolute Gasteiger partial charge is 0.573 e. The average Bonchev–Trinajstić information content (AvgIpc) is 2.47. The maximum absolute atomic E-state index is 12.1. The van der Waals surface area contributed by atoms with E-state index in [4.69, 9.17) is 0 Å². The molecular formula is C17H19F3N2O3. The number of aromatic nitrogens is 2. The van der Waals surface area contributed by atoms with E-state index in [2.05, 4.69) is 9.72 Å². The highest BCUT2D eigenvalue weighted by atomic mass is 19.4. The van der Waals surface area contributed by atoms with Crippen LogP contribution in [0.2, 0.25) is 0 Å². The number of alkyl halides is 3. The van der Waals surface area contributed by atoms with E-state index in [1.54, 1.807) is 0 Å². The smallest absolute Gasteiger partial charge is 0.406 e. The van der Waals surface area contributed by atoms with Gasteiger partial charge in [-0.1, -0.05) is 32.9 Å². The molecule has 1 aromatic heterocycles. The lowest BCUT2D eigenvalue weighted by molar-refractivity contribution is -0.274. The third-order valence-electron chi connectivity index (χ3n) is 3.52. The molecule has 0 aliphatic heterocycles. The van der Waals surface area contributed by atoms with Gasteiger partial charge < -0.3 is 9.84 Å². The van der Waals surface area contributed by atoms with Crippen LogP contribution in [0, 0.1) is 0 Å². The van der Waals surface area contributed by atoms with Crippen LogP contribution in [-0.4, -0.2) is 21.0 Å². The first kappa shape index (κ1) is 19.0. The zero-order valence-corrected chi connectivity index (χ0v) is 14.0. The normalized spacial score (nSPS) is 13.6. The van der Waals surface area contributed by atoms with E-state index in [0.717, 1.165) is 12.1 Å². The van der Waals surface area contributed by atoms with Gasteiger partial charge in [-0.3, -0.25) is 9.36 Å². The van der Waals surface area contributed by atoms with E-state index in [0.29, 0.717) is 11.3 Å². The molecular weight excluding hydrogens is 337 g/mol. The van der Waals surface area contributed by atoms with Crippen LogP contribution in [-0.2, 0) is 12.0 Å². The minimum atomic E-state index is -4.77. The molecule has 136 valence electrons. The summed E-state index contributed by atoms with van der Waals surface area (Å²) in [5.41, 5.74) is 0.416. The van der Waals surface area contributed by atoms with Gasteiger partial charge in [0.15, 0.2) is 0 Å². The van der Waals surface area contributed by atoms with Crippen LogP contribution in [0.5, 0.6) is 5.75 Å². The SMILES string of the molecule is CC(C)(C)c1cc(=O)n(CC(O)c2ccc(OC(F)(F)F)cc2)cn1. The standard InChI is InChI=1S/C17H19F3N2O3/c1-16(2,3)14-8-15(24)22(10-21-14)9-13(23)11-4-6-12(7-5-11)25-17(18,19)20/h4-8,10,13,23H,9H2,1-3H3. The summed E-state index contributed by atoms with van der Waals surface area (Å²) in [6.45, 7) is 5.73. The summed E-state index contributed by atoms with van der Waals surface area (Å²) in [6, 6.07) is 6.25. The molecule has 0 amide bonds. The van der Waals surface area contributed by atoms with Crippen molar-refractivity contribution in [1.82, 2.24) is 9.55 Å². The first-order valence-corrected chi connectivity index (χ1v) is 7.56. The van der Waals surface area contributed by atoms with Crippen molar-refractivity contribution in [1.29, 1.82) is 0 Å². The second-order valence-corrected chi connectivity index (χ2v) is 6.65. The third-order valence-corrected chi connectivity index (χ3v) is 3.52. The predicted molar refractivity (Wildman–Crippen MR) is 85.3 cm³/mol. The molecule has 2 rings (SSSR count). The van der Waals surface area contributed by atoms with E-state index >= 15 is 0 Å². The number of nitrogens with zero attached hydrogens (tertiary/aromatic N) is 2. The van der Waals surface area contributed by atoms with Crippen LogP contribution in [0.1, 0.15) is 38.1 Å². The maximum Gasteiger partial charge on any atom is 0.573 e. The summed E-state index contributed by atoms with van der Waals surface area (Å²) in [4.78, 5) is 16.3. The molecule has 0 aliphatic carbocycles. The molecule has 1 aromatic carbocycles. The van der Waals surface area contributed by atoms with Crippen molar-refractivity contribution < 1.29 is 23.0 Å². The van der Waals surface area contributed by atoms with E-state index in [-0.39, 0.29) is 23.3 Å². The first-order chi connectivity index (χ1) is 11.5. The first-order valence-electron chi connectivity index (χ1n) is 7.56. The number of hydrogen-bond donors (Lipinski definition) is 1. The molecule has 25 heavy (non-hydrogen) atoms. The molecule has 0 aliphatic rings. The minimum Gasteiger partial charge on any atom is -0.406 e. The number of benzene rings is 1. The fraction of sp³-hybridized carbons (Fsp3) is 0.412. The Morgan fingerprint density at radius 2 is 1.80 bits per heavy atom. The number of hydrogen-bond acceptors (Lipinski definition) is 4. The van der Waals surface area contributed by atoms with Gasteiger partial charge in [0.1, 0.15) is 5.75 Å². The lowest BCUT2D eigenvalue weighted by Gasteiger charge is -2.18. The molecule has 0 bridgehead atoms. The molecule has 0 saturated carbocycles. The van der Waals surface area contributed by atoms with Gasteiger partial charge in [0.2, 0.25) is 0 Å². The Morgan fingerprint density at radius 1 is 1.20 bits per heavy atom. The van der Waals surface area contributed by atoms with E-state index < -0.39 is 12.5 Å². The van der Waals surface area contributed by atoms with Crippen molar-refractivity contribution in [2.75, 3.05) is 0 Å². The summed E-state index contributed by atoms with van der Waals surface area (Å²) >= 11 is 0. The van der Waals surface area contributed by atoms with Crippen molar-refractivity contribution >= 4 is 0 Å². The van der Waals surface area contributed by atoms with Gasteiger partial charge in [0.25, 0.3) is 5.56 Å². The Kier molecular flexibility index (Phi) is 5.22. The Morgan fingerprint density at radius 3 is 2.28 bits per heavy atom. The molecule has 1 atom stereocenters. The molecule has 5 nitrogen and oxygen atoms in total. The fourth-order valence-corrected chi connectivity index (χ4v) is 2.16. The molecule has 1 unspecified atom stereocenters. The van der Waals surface area contributed by atoms with E-state index in [1.165, 1.54) is 29.1 Å². The quantitative estimate of drug-likeness (QED) is 0.914. The van der Waals surface area contributed by atoms with Crippen LogP contribution in [0.15, 0.2) is 41.5 Å². The summed E-state index contributed by atoms with van der Waals surface area (Å²) in [7, 11) is 0. The summed E-state index contributed by atoms with van der Waals surface area (Å²) in [5.74, 6) is -0.378. The van der Waals surface area contributed by atoms with E-state index in [9.17, 15) is 23.1 Å². The Bertz CT molecular complexity index is 777. The predicted octanol–water partition coefficient (Wildman–Crippen LogP) is 3.17. The van der Waals surface area contributed by atoms with Gasteiger partial charge in [-0.05, 0) is 17.7 Å². The summed E-state index contributed by atoms with van der Waals surface area (Å²) in [5, 5.41) is 10.2. The average molecular weight is 356 g/mol. The van der Waals surface area contributed by atoms with Gasteiger partial charge in [0.05, 0.1) is 24.7 Å². The van der Waals surface area contributed by atoms with Crippen LogP contribution < -0.4 is 10.3 Å². The van der Waals surface area contributed by atoms with Gasteiger partial charge in [-0.25, -0.2) is 4.98 Å². The zero-order chi connectivity index (χ0) is 18.8. The molecule has 0 fully saturated rings. The van der Waals surface area contributed by atoms with Gasteiger partial charge >= 0.3 is 6.36 Å². The number of halogens is 3. The van der Waals surface area contributed by atoms with Crippen LogP contribution in [0.25, 0.3) is 0 Å². The van der Waals surface area contributed by atoms with Crippen LogP contribution in [0.3, 0.4) is 0 Å². The van der Waals surface area contributed by atoms with Gasteiger partial charge in [-0.15, -0.1) is 13.2 Å². The maximum atomic E-state index is 12.1. The number of aliphatic hydroxyl groups is 1. The fourth-order valence-electron chi connectivity index (χ4n) is 2.16. The van der Waals surface area contributed by atoms with Gasteiger partial charge in [0, 0.05) is 11.5 Å². The molecule has 0 spiro atoms. The number of aliphatic hydroxyl groups excluding tert-OH is 1. The van der Waals surface area contributed by atoms with E-state index in [1.807, 2.05) is 20.8 Å². The minimum absolute atomic E-state index is 0.0598. The monoisotopic (exact) mass is 356 g/mol. The highest BCUT2D eigenvalue weighted by Crippen LogP contribution is 2.25.